The number of halogens is 1. The number of amidine groups is 1. The van der Waals surface area contributed by atoms with E-state index in [-0.39, 0.29) is 5.84 Å². The van der Waals surface area contributed by atoms with E-state index >= 15 is 0 Å². The van der Waals surface area contributed by atoms with Crippen molar-refractivity contribution in [1.29, 1.82) is 5.41 Å². The van der Waals surface area contributed by atoms with Crippen LogP contribution in [-0.2, 0) is 20.8 Å². The summed E-state index contributed by atoms with van der Waals surface area (Å²) in [5.41, 5.74) is 6.85. The molecule has 0 bridgehead atoms. The van der Waals surface area contributed by atoms with Crippen LogP contribution in [0, 0.1) is 5.41 Å². The van der Waals surface area contributed by atoms with Crippen molar-refractivity contribution >= 4 is 17.4 Å². The molecule has 0 radical (unpaired) electrons. The second-order valence-corrected chi connectivity index (χ2v) is 4.28. The van der Waals surface area contributed by atoms with E-state index in [4.69, 9.17) is 37.0 Å². The Hall–Kier alpha value is -1.14. The zero-order valence-corrected chi connectivity index (χ0v) is 11.7. The average Bonchev–Trinajstić information content (AvgIpc) is 2.39. The highest BCUT2D eigenvalue weighted by atomic mass is 35.5. The molecule has 19 heavy (non-hydrogen) atoms. The normalized spacial score (nSPS) is 10.6. The third kappa shape index (κ3) is 6.02. The molecule has 0 aliphatic heterocycles. The summed E-state index contributed by atoms with van der Waals surface area (Å²) in [6.45, 7) is 2.57. The lowest BCUT2D eigenvalue weighted by Gasteiger charge is -2.08. The van der Waals surface area contributed by atoms with Gasteiger partial charge in [-0.1, -0.05) is 23.7 Å². The summed E-state index contributed by atoms with van der Waals surface area (Å²) in [7, 11) is 1.63. The molecule has 0 heterocycles. The molecule has 106 valence electrons. The van der Waals surface area contributed by atoms with E-state index in [1.165, 1.54) is 0 Å². The zero-order chi connectivity index (χ0) is 14.1. The van der Waals surface area contributed by atoms with Crippen LogP contribution in [0.4, 0.5) is 0 Å². The Balaban J connectivity index is 2.28. The Kier molecular flexibility index (Phi) is 7.43. The van der Waals surface area contributed by atoms with Gasteiger partial charge in [0, 0.05) is 17.7 Å². The van der Waals surface area contributed by atoms with E-state index in [0.29, 0.717) is 43.6 Å². The highest BCUT2D eigenvalue weighted by Gasteiger charge is 2.04. The van der Waals surface area contributed by atoms with Gasteiger partial charge in [0.1, 0.15) is 5.84 Å². The zero-order valence-electron chi connectivity index (χ0n) is 10.9. The highest BCUT2D eigenvalue weighted by Crippen LogP contribution is 2.18. The van der Waals surface area contributed by atoms with Crippen LogP contribution in [0.2, 0.25) is 5.02 Å². The number of nitrogens with one attached hydrogen (secondary N) is 1. The van der Waals surface area contributed by atoms with Crippen molar-refractivity contribution in [2.45, 2.75) is 6.61 Å². The molecule has 1 aromatic rings. The number of methoxy groups -OCH3 is 1. The molecule has 0 aromatic heterocycles. The molecule has 3 N–H and O–H groups in total. The van der Waals surface area contributed by atoms with E-state index in [2.05, 4.69) is 0 Å². The molecule has 0 fully saturated rings. The minimum atomic E-state index is 0.000844. The van der Waals surface area contributed by atoms with Crippen LogP contribution in [0.15, 0.2) is 18.2 Å². The molecule has 1 rings (SSSR count). The molecule has 0 atom stereocenters. The lowest BCUT2D eigenvalue weighted by Crippen LogP contribution is -2.11. The molecular formula is C13H19ClN2O3. The third-order valence-electron chi connectivity index (χ3n) is 2.43. The first-order valence-electron chi connectivity index (χ1n) is 5.92. The van der Waals surface area contributed by atoms with E-state index in [0.717, 1.165) is 5.56 Å². The van der Waals surface area contributed by atoms with Gasteiger partial charge >= 0.3 is 0 Å². The second kappa shape index (κ2) is 8.87. The van der Waals surface area contributed by atoms with Gasteiger partial charge in [-0.3, -0.25) is 5.41 Å². The number of nitrogens with two attached hydrogens (primary N) is 1. The predicted molar refractivity (Wildman–Crippen MR) is 74.8 cm³/mol. The van der Waals surface area contributed by atoms with Crippen molar-refractivity contribution in [2.75, 3.05) is 33.5 Å². The molecule has 0 spiro atoms. The standard InChI is InChI=1S/C13H19ClN2O3/c1-17-4-5-18-6-7-19-9-11-3-2-10(13(15)16)8-12(11)14/h2-3,8H,4-7,9H2,1H3,(H3,15,16). The third-order valence-corrected chi connectivity index (χ3v) is 2.78. The van der Waals surface area contributed by atoms with Crippen LogP contribution in [0.3, 0.4) is 0 Å². The summed E-state index contributed by atoms with van der Waals surface area (Å²) >= 11 is 6.07. The fourth-order valence-electron chi connectivity index (χ4n) is 1.38. The summed E-state index contributed by atoms with van der Waals surface area (Å²) in [4.78, 5) is 0. The van der Waals surface area contributed by atoms with Crippen molar-refractivity contribution in [2.24, 2.45) is 5.73 Å². The Morgan fingerprint density at radius 2 is 1.89 bits per heavy atom. The van der Waals surface area contributed by atoms with Crippen molar-refractivity contribution < 1.29 is 14.2 Å². The molecule has 0 unspecified atom stereocenters. The monoisotopic (exact) mass is 286 g/mol. The van der Waals surface area contributed by atoms with Crippen molar-refractivity contribution in [3.63, 3.8) is 0 Å². The number of ether oxygens (including phenoxy) is 3. The topological polar surface area (TPSA) is 77.6 Å². The van der Waals surface area contributed by atoms with Gasteiger partial charge in [0.2, 0.25) is 0 Å². The van der Waals surface area contributed by atoms with Crippen LogP contribution < -0.4 is 5.73 Å². The molecule has 0 saturated heterocycles. The first-order valence-corrected chi connectivity index (χ1v) is 6.30. The summed E-state index contributed by atoms with van der Waals surface area (Å²) in [6.07, 6.45) is 0. The van der Waals surface area contributed by atoms with E-state index < -0.39 is 0 Å². The van der Waals surface area contributed by atoms with E-state index in [9.17, 15) is 0 Å². The summed E-state index contributed by atoms with van der Waals surface area (Å²) in [5, 5.41) is 7.86. The van der Waals surface area contributed by atoms with Crippen LogP contribution in [0.1, 0.15) is 11.1 Å². The van der Waals surface area contributed by atoms with Crippen LogP contribution in [0.25, 0.3) is 0 Å². The van der Waals surface area contributed by atoms with E-state index in [1.807, 2.05) is 6.07 Å². The van der Waals surface area contributed by atoms with Gasteiger partial charge in [-0.25, -0.2) is 0 Å². The molecule has 5 nitrogen and oxygen atoms in total. The first-order chi connectivity index (χ1) is 9.15. The number of nitrogen functional groups attached to an aromatic ring is 1. The highest BCUT2D eigenvalue weighted by molar-refractivity contribution is 6.31. The Bertz CT molecular complexity index is 413. The molecule has 1 aromatic carbocycles. The predicted octanol–water partition coefficient (Wildman–Crippen LogP) is 1.80. The molecular weight excluding hydrogens is 268 g/mol. The average molecular weight is 287 g/mol. The maximum atomic E-state index is 7.31. The quantitative estimate of drug-likeness (QED) is 0.412. The Morgan fingerprint density at radius 1 is 1.21 bits per heavy atom. The van der Waals surface area contributed by atoms with Gasteiger partial charge in [0.05, 0.1) is 33.0 Å². The van der Waals surface area contributed by atoms with Crippen molar-refractivity contribution in [3.05, 3.63) is 34.3 Å². The molecule has 0 aliphatic carbocycles. The Labute approximate surface area is 118 Å². The number of rotatable bonds is 9. The van der Waals surface area contributed by atoms with Gasteiger partial charge < -0.3 is 19.9 Å². The number of benzene rings is 1. The molecule has 0 aliphatic rings. The first kappa shape index (κ1) is 15.9. The minimum absolute atomic E-state index is 0.000844. The molecule has 6 heteroatoms. The lowest BCUT2D eigenvalue weighted by molar-refractivity contribution is 0.0200. The van der Waals surface area contributed by atoms with Crippen LogP contribution in [0.5, 0.6) is 0 Å². The number of hydrogen-bond donors (Lipinski definition) is 2. The van der Waals surface area contributed by atoms with Gasteiger partial charge in [0.25, 0.3) is 0 Å². The van der Waals surface area contributed by atoms with Gasteiger partial charge in [-0.05, 0) is 11.6 Å². The summed E-state index contributed by atoms with van der Waals surface area (Å²) in [6, 6.07) is 5.23. The van der Waals surface area contributed by atoms with Gasteiger partial charge in [-0.2, -0.15) is 0 Å². The fraction of sp³-hybridized carbons (Fsp3) is 0.462. The SMILES string of the molecule is COCCOCCOCc1ccc(C(=N)N)cc1Cl. The minimum Gasteiger partial charge on any atom is -0.384 e. The molecule has 0 saturated carbocycles. The van der Waals surface area contributed by atoms with Crippen LogP contribution >= 0.6 is 11.6 Å². The van der Waals surface area contributed by atoms with Gasteiger partial charge in [-0.15, -0.1) is 0 Å². The fourth-order valence-corrected chi connectivity index (χ4v) is 1.61. The van der Waals surface area contributed by atoms with Crippen molar-refractivity contribution in [1.82, 2.24) is 0 Å². The Morgan fingerprint density at radius 3 is 2.53 bits per heavy atom. The summed E-state index contributed by atoms with van der Waals surface area (Å²) < 4.78 is 15.6. The van der Waals surface area contributed by atoms with Crippen molar-refractivity contribution in [3.8, 4) is 0 Å². The smallest absolute Gasteiger partial charge is 0.122 e. The molecule has 0 amide bonds. The number of hydrogen-bond acceptors (Lipinski definition) is 4. The van der Waals surface area contributed by atoms with Crippen LogP contribution in [-0.4, -0.2) is 39.4 Å². The second-order valence-electron chi connectivity index (χ2n) is 3.88. The maximum Gasteiger partial charge on any atom is 0.122 e. The van der Waals surface area contributed by atoms with Gasteiger partial charge in [0.15, 0.2) is 0 Å². The maximum absolute atomic E-state index is 7.31. The van der Waals surface area contributed by atoms with E-state index in [1.54, 1.807) is 19.2 Å². The lowest BCUT2D eigenvalue weighted by atomic mass is 10.1. The largest absolute Gasteiger partial charge is 0.384 e. The summed E-state index contributed by atoms with van der Waals surface area (Å²) in [5.74, 6) is 0.000844.